The molecule has 6 aromatic carbocycles. The van der Waals surface area contributed by atoms with E-state index in [1.54, 1.807) is 0 Å². The highest BCUT2D eigenvalue weighted by Gasteiger charge is 2.43. The minimum absolute atomic E-state index is 0.109. The molecule has 0 fully saturated rings. The number of hydrogen-bond donors (Lipinski definition) is 0. The van der Waals surface area contributed by atoms with Crippen LogP contribution in [0, 0.1) is 0 Å². The van der Waals surface area contributed by atoms with Gasteiger partial charge in [-0.2, -0.15) is 0 Å². The van der Waals surface area contributed by atoms with E-state index in [2.05, 4.69) is 159 Å². The third-order valence-corrected chi connectivity index (χ3v) is 10.1. The Balaban J connectivity index is 1.18. The first-order chi connectivity index (χ1) is 20.7. The number of fused-ring (bicyclic) bond motifs is 6. The summed E-state index contributed by atoms with van der Waals surface area (Å²) in [6.45, 7) is 4.69. The maximum atomic E-state index is 2.38. The van der Waals surface area contributed by atoms with Crippen LogP contribution in [0.4, 0.5) is 0 Å². The fourth-order valence-corrected chi connectivity index (χ4v) is 8.13. The van der Waals surface area contributed by atoms with Gasteiger partial charge in [-0.05, 0) is 80.1 Å². The van der Waals surface area contributed by atoms with Gasteiger partial charge >= 0.3 is 0 Å². The van der Waals surface area contributed by atoms with E-state index in [0.29, 0.717) is 0 Å². The highest BCUT2D eigenvalue weighted by atomic mass is 14.5. The van der Waals surface area contributed by atoms with Crippen LogP contribution in [0.2, 0.25) is 0 Å². The van der Waals surface area contributed by atoms with Gasteiger partial charge in [0.2, 0.25) is 0 Å². The standard InChI is InChI=1S/C42H34/c1-3-28-42(39-18-10-6-14-35(39)36-15-7-11-19-40(36)42)32-26-22-30(23-27-32)29-20-24-31(25-21-29)41(2)37-16-8-4-12-33(37)34-13-5-9-17-38(34)41/h4-27H,3,28H2,1-2H3. The second-order valence-electron chi connectivity index (χ2n) is 12.1. The SMILES string of the molecule is CCCC1(c2ccc(-c3ccc(C4(C)c5ccccc5-c5ccccc54)cc3)cc2)c2ccccc2-c2ccccc21. The molecule has 0 aromatic heterocycles. The predicted octanol–water partition coefficient (Wildman–Crippen LogP) is 10.8. The lowest BCUT2D eigenvalue weighted by atomic mass is 9.69. The van der Waals surface area contributed by atoms with Gasteiger partial charge < -0.3 is 0 Å². The molecular weight excluding hydrogens is 504 g/mol. The first kappa shape index (κ1) is 25.1. The average Bonchev–Trinajstić information content (AvgIpc) is 3.50. The van der Waals surface area contributed by atoms with E-state index in [9.17, 15) is 0 Å². The van der Waals surface area contributed by atoms with E-state index in [1.807, 2.05) is 0 Å². The average molecular weight is 539 g/mol. The Hall–Kier alpha value is -4.68. The lowest BCUT2D eigenvalue weighted by molar-refractivity contribution is 0.563. The zero-order valence-corrected chi connectivity index (χ0v) is 24.3. The Kier molecular flexibility index (Phi) is 5.63. The van der Waals surface area contributed by atoms with Crippen LogP contribution in [-0.4, -0.2) is 0 Å². The topological polar surface area (TPSA) is 0 Å². The molecule has 0 unspecified atom stereocenters. The third kappa shape index (κ3) is 3.36. The van der Waals surface area contributed by atoms with Crippen molar-refractivity contribution in [2.24, 2.45) is 0 Å². The van der Waals surface area contributed by atoms with E-state index < -0.39 is 0 Å². The maximum Gasteiger partial charge on any atom is 0.0463 e. The van der Waals surface area contributed by atoms with Crippen molar-refractivity contribution < 1.29 is 0 Å². The van der Waals surface area contributed by atoms with Crippen molar-refractivity contribution in [2.75, 3.05) is 0 Å². The van der Waals surface area contributed by atoms with Crippen molar-refractivity contribution >= 4 is 0 Å². The van der Waals surface area contributed by atoms with E-state index in [-0.39, 0.29) is 10.8 Å². The Labute approximate surface area is 249 Å². The van der Waals surface area contributed by atoms with Gasteiger partial charge in [0.15, 0.2) is 0 Å². The number of benzene rings is 6. The van der Waals surface area contributed by atoms with Gasteiger partial charge in [-0.15, -0.1) is 0 Å². The first-order valence-electron chi connectivity index (χ1n) is 15.3. The largest absolute Gasteiger partial charge is 0.0653 e. The summed E-state index contributed by atoms with van der Waals surface area (Å²) < 4.78 is 0. The van der Waals surface area contributed by atoms with Crippen molar-refractivity contribution in [3.63, 3.8) is 0 Å². The monoisotopic (exact) mass is 538 g/mol. The Morgan fingerprint density at radius 2 is 0.762 bits per heavy atom. The molecule has 0 heterocycles. The minimum atomic E-state index is -0.161. The van der Waals surface area contributed by atoms with Gasteiger partial charge in [0.05, 0.1) is 0 Å². The molecule has 0 heteroatoms. The van der Waals surface area contributed by atoms with Gasteiger partial charge in [-0.25, -0.2) is 0 Å². The van der Waals surface area contributed by atoms with Crippen molar-refractivity contribution in [3.8, 4) is 33.4 Å². The second-order valence-corrected chi connectivity index (χ2v) is 12.1. The van der Waals surface area contributed by atoms with E-state index >= 15 is 0 Å². The molecular formula is C42H34. The zero-order valence-electron chi connectivity index (χ0n) is 24.3. The maximum absolute atomic E-state index is 2.38. The fourth-order valence-electron chi connectivity index (χ4n) is 8.13. The summed E-state index contributed by atoms with van der Waals surface area (Å²) in [5, 5.41) is 0. The Morgan fingerprint density at radius 3 is 1.19 bits per heavy atom. The molecule has 2 aliphatic rings. The molecule has 0 radical (unpaired) electrons. The summed E-state index contributed by atoms with van der Waals surface area (Å²) >= 11 is 0. The van der Waals surface area contributed by atoms with Crippen LogP contribution in [0.1, 0.15) is 60.1 Å². The van der Waals surface area contributed by atoms with Gasteiger partial charge in [0.25, 0.3) is 0 Å². The summed E-state index contributed by atoms with van der Waals surface area (Å²) in [6.07, 6.45) is 2.22. The summed E-state index contributed by atoms with van der Waals surface area (Å²) in [5.41, 5.74) is 16.1. The summed E-state index contributed by atoms with van der Waals surface area (Å²) in [4.78, 5) is 0. The van der Waals surface area contributed by atoms with Gasteiger partial charge in [-0.3, -0.25) is 0 Å². The molecule has 42 heavy (non-hydrogen) atoms. The lowest BCUT2D eigenvalue weighted by Gasteiger charge is -2.33. The molecule has 0 saturated carbocycles. The highest BCUT2D eigenvalue weighted by molar-refractivity contribution is 5.85. The molecule has 0 bridgehead atoms. The lowest BCUT2D eigenvalue weighted by Crippen LogP contribution is -2.26. The molecule has 2 aliphatic carbocycles. The van der Waals surface area contributed by atoms with Gasteiger partial charge in [-0.1, -0.05) is 159 Å². The molecule has 0 saturated heterocycles. The summed E-state index contributed by atoms with van der Waals surface area (Å²) in [5.74, 6) is 0. The number of hydrogen-bond acceptors (Lipinski definition) is 0. The normalized spacial score (nSPS) is 15.0. The van der Waals surface area contributed by atoms with E-state index in [1.165, 1.54) is 66.8 Å². The van der Waals surface area contributed by atoms with Crippen LogP contribution in [0.3, 0.4) is 0 Å². The van der Waals surface area contributed by atoms with Crippen molar-refractivity contribution in [3.05, 3.63) is 179 Å². The van der Waals surface area contributed by atoms with Crippen LogP contribution >= 0.6 is 0 Å². The molecule has 0 atom stereocenters. The Bertz CT molecular complexity index is 1850. The second kappa shape index (κ2) is 9.43. The van der Waals surface area contributed by atoms with E-state index in [0.717, 1.165) is 12.8 Å². The molecule has 6 aromatic rings. The summed E-state index contributed by atoms with van der Waals surface area (Å²) in [7, 11) is 0. The van der Waals surface area contributed by atoms with Gasteiger partial charge in [0.1, 0.15) is 0 Å². The van der Waals surface area contributed by atoms with Crippen LogP contribution in [0.5, 0.6) is 0 Å². The molecule has 202 valence electrons. The molecule has 0 spiro atoms. The van der Waals surface area contributed by atoms with Crippen molar-refractivity contribution in [1.29, 1.82) is 0 Å². The number of rotatable bonds is 5. The molecule has 0 aliphatic heterocycles. The highest BCUT2D eigenvalue weighted by Crippen LogP contribution is 2.55. The quantitative estimate of drug-likeness (QED) is 0.205. The smallest absolute Gasteiger partial charge is 0.0463 e. The molecule has 0 amide bonds. The van der Waals surface area contributed by atoms with Crippen molar-refractivity contribution in [1.82, 2.24) is 0 Å². The van der Waals surface area contributed by atoms with E-state index in [4.69, 9.17) is 0 Å². The van der Waals surface area contributed by atoms with Crippen LogP contribution in [-0.2, 0) is 10.8 Å². The van der Waals surface area contributed by atoms with Crippen LogP contribution in [0.15, 0.2) is 146 Å². The van der Waals surface area contributed by atoms with Crippen LogP contribution < -0.4 is 0 Å². The minimum Gasteiger partial charge on any atom is -0.0653 e. The van der Waals surface area contributed by atoms with Gasteiger partial charge in [0, 0.05) is 10.8 Å². The molecule has 0 nitrogen and oxygen atoms in total. The molecule has 8 rings (SSSR count). The summed E-state index contributed by atoms with van der Waals surface area (Å²) in [6, 6.07) is 54.5. The molecule has 0 N–H and O–H groups in total. The predicted molar refractivity (Wildman–Crippen MR) is 176 cm³/mol. The first-order valence-corrected chi connectivity index (χ1v) is 15.3. The Morgan fingerprint density at radius 1 is 0.405 bits per heavy atom. The van der Waals surface area contributed by atoms with Crippen LogP contribution in [0.25, 0.3) is 33.4 Å². The third-order valence-electron chi connectivity index (χ3n) is 10.1. The fraction of sp³-hybridized carbons (Fsp3) is 0.143. The van der Waals surface area contributed by atoms with Crippen molar-refractivity contribution in [2.45, 2.75) is 37.5 Å². The zero-order chi connectivity index (χ0) is 28.3.